The van der Waals surface area contributed by atoms with Crippen LogP contribution in [0.4, 0.5) is 5.95 Å². The van der Waals surface area contributed by atoms with E-state index in [0.29, 0.717) is 4.47 Å². The van der Waals surface area contributed by atoms with E-state index in [9.17, 15) is 4.79 Å². The van der Waals surface area contributed by atoms with Crippen LogP contribution in [0.5, 0.6) is 6.01 Å². The molecule has 0 fully saturated rings. The van der Waals surface area contributed by atoms with E-state index in [1.807, 2.05) is 0 Å². The Balaban J connectivity index is 2.14. The molecule has 2 heterocycles. The molecule has 2 N–H and O–H groups in total. The number of pyridine rings is 1. The number of ether oxygens (including phenoxy) is 1. The number of aromatic nitrogens is 4. The summed E-state index contributed by atoms with van der Waals surface area (Å²) >= 11 is 3.23. The minimum atomic E-state index is -0.392. The van der Waals surface area contributed by atoms with Gasteiger partial charge in [0.15, 0.2) is 0 Å². The van der Waals surface area contributed by atoms with Gasteiger partial charge in [-0.15, -0.1) is 5.10 Å². The van der Waals surface area contributed by atoms with Crippen molar-refractivity contribution in [2.45, 2.75) is 0 Å². The summed E-state index contributed by atoms with van der Waals surface area (Å²) in [4.78, 5) is 19.6. The van der Waals surface area contributed by atoms with Crippen LogP contribution in [0.3, 0.4) is 0 Å². The molecule has 0 aliphatic rings. The van der Waals surface area contributed by atoms with Crippen molar-refractivity contribution in [1.82, 2.24) is 20.2 Å². The standard InChI is InChI=1S/C9H8BrN5O2/c1-17-9-13-8(14-15-9)12-7(16)6-5(10)3-2-4-11-6/h2-4H,1H3,(H2,12,13,14,15,16). The predicted octanol–water partition coefficient (Wildman–Crippen LogP) is 1.22. The number of methoxy groups -OCH3 is 1. The molecule has 2 aromatic heterocycles. The summed E-state index contributed by atoms with van der Waals surface area (Å²) in [6.45, 7) is 0. The lowest BCUT2D eigenvalue weighted by Gasteiger charge is -2.01. The molecule has 0 aromatic carbocycles. The zero-order valence-electron chi connectivity index (χ0n) is 8.77. The molecular formula is C9H8BrN5O2. The zero-order valence-corrected chi connectivity index (χ0v) is 10.4. The summed E-state index contributed by atoms with van der Waals surface area (Å²) in [5, 5.41) is 8.73. The van der Waals surface area contributed by atoms with E-state index in [1.165, 1.54) is 13.3 Å². The van der Waals surface area contributed by atoms with Crippen LogP contribution in [0.25, 0.3) is 0 Å². The Hall–Kier alpha value is -1.96. The first kappa shape index (κ1) is 11.5. The Labute approximate surface area is 105 Å². The van der Waals surface area contributed by atoms with Gasteiger partial charge in [0.2, 0.25) is 5.95 Å². The molecule has 0 unspecified atom stereocenters. The highest BCUT2D eigenvalue weighted by Gasteiger charge is 2.13. The van der Waals surface area contributed by atoms with Crippen LogP contribution in [0.2, 0.25) is 0 Å². The van der Waals surface area contributed by atoms with Gasteiger partial charge in [0.05, 0.1) is 7.11 Å². The Morgan fingerprint density at radius 2 is 2.41 bits per heavy atom. The van der Waals surface area contributed by atoms with Crippen LogP contribution in [-0.4, -0.2) is 33.2 Å². The number of H-pyrrole nitrogens is 1. The molecule has 2 rings (SSSR count). The van der Waals surface area contributed by atoms with E-state index in [1.54, 1.807) is 12.1 Å². The summed E-state index contributed by atoms with van der Waals surface area (Å²) in [7, 11) is 1.43. The fourth-order valence-corrected chi connectivity index (χ4v) is 1.55. The van der Waals surface area contributed by atoms with E-state index in [0.717, 1.165) is 0 Å². The van der Waals surface area contributed by atoms with E-state index in [4.69, 9.17) is 4.74 Å². The topological polar surface area (TPSA) is 92.8 Å². The molecule has 7 nitrogen and oxygen atoms in total. The Morgan fingerprint density at radius 3 is 3.06 bits per heavy atom. The monoisotopic (exact) mass is 297 g/mol. The Bertz CT molecular complexity index is 542. The predicted molar refractivity (Wildman–Crippen MR) is 62.8 cm³/mol. The molecule has 2 aromatic rings. The molecule has 0 atom stereocenters. The van der Waals surface area contributed by atoms with Crippen LogP contribution < -0.4 is 10.1 Å². The van der Waals surface area contributed by atoms with Crippen molar-refractivity contribution in [3.05, 3.63) is 28.5 Å². The third-order valence-electron chi connectivity index (χ3n) is 1.85. The van der Waals surface area contributed by atoms with Crippen molar-refractivity contribution in [3.8, 4) is 6.01 Å². The maximum absolute atomic E-state index is 11.8. The summed E-state index contributed by atoms with van der Waals surface area (Å²) in [5.41, 5.74) is 0.267. The number of nitrogens with one attached hydrogen (secondary N) is 2. The Kier molecular flexibility index (Phi) is 3.33. The van der Waals surface area contributed by atoms with Crippen molar-refractivity contribution in [2.24, 2.45) is 0 Å². The number of halogens is 1. The molecule has 1 amide bonds. The number of aromatic amines is 1. The zero-order chi connectivity index (χ0) is 12.3. The van der Waals surface area contributed by atoms with Gasteiger partial charge in [0.1, 0.15) is 5.69 Å². The average Bonchev–Trinajstić information content (AvgIpc) is 2.77. The van der Waals surface area contributed by atoms with E-state index in [2.05, 4.69) is 41.4 Å². The van der Waals surface area contributed by atoms with Crippen LogP contribution in [0.1, 0.15) is 10.5 Å². The molecule has 17 heavy (non-hydrogen) atoms. The normalized spacial score (nSPS) is 10.0. The lowest BCUT2D eigenvalue weighted by molar-refractivity contribution is 0.102. The number of hydrogen-bond donors (Lipinski definition) is 2. The van der Waals surface area contributed by atoms with E-state index in [-0.39, 0.29) is 17.7 Å². The molecule has 0 saturated heterocycles. The number of carbonyl (C=O) groups excluding carboxylic acids is 1. The van der Waals surface area contributed by atoms with Gasteiger partial charge >= 0.3 is 6.01 Å². The van der Waals surface area contributed by atoms with Gasteiger partial charge < -0.3 is 4.74 Å². The fourth-order valence-electron chi connectivity index (χ4n) is 1.11. The molecule has 0 radical (unpaired) electrons. The molecule has 0 bridgehead atoms. The first-order chi connectivity index (χ1) is 8.20. The summed E-state index contributed by atoms with van der Waals surface area (Å²) in [6.07, 6.45) is 1.53. The van der Waals surface area contributed by atoms with Crippen molar-refractivity contribution in [1.29, 1.82) is 0 Å². The SMILES string of the molecule is COc1n[nH]c(NC(=O)c2ncccc2Br)n1. The summed E-state index contributed by atoms with van der Waals surface area (Å²) < 4.78 is 5.38. The summed E-state index contributed by atoms with van der Waals surface area (Å²) in [5.74, 6) is -0.194. The largest absolute Gasteiger partial charge is 0.466 e. The quantitative estimate of drug-likeness (QED) is 0.889. The van der Waals surface area contributed by atoms with Gasteiger partial charge in [0.25, 0.3) is 5.91 Å². The maximum Gasteiger partial charge on any atom is 0.336 e. The molecule has 0 aliphatic heterocycles. The highest BCUT2D eigenvalue weighted by molar-refractivity contribution is 9.10. The van der Waals surface area contributed by atoms with Gasteiger partial charge in [0, 0.05) is 10.7 Å². The summed E-state index contributed by atoms with van der Waals surface area (Å²) in [6, 6.07) is 3.60. The second kappa shape index (κ2) is 4.91. The van der Waals surface area contributed by atoms with Crippen LogP contribution >= 0.6 is 15.9 Å². The third kappa shape index (κ3) is 2.59. The van der Waals surface area contributed by atoms with Gasteiger partial charge in [-0.1, -0.05) is 0 Å². The van der Waals surface area contributed by atoms with Crippen molar-refractivity contribution in [2.75, 3.05) is 12.4 Å². The highest BCUT2D eigenvalue weighted by Crippen LogP contribution is 2.14. The van der Waals surface area contributed by atoms with Gasteiger partial charge in [-0.3, -0.25) is 10.1 Å². The minimum Gasteiger partial charge on any atom is -0.466 e. The maximum atomic E-state index is 11.8. The number of nitrogens with zero attached hydrogens (tertiary/aromatic N) is 3. The minimum absolute atomic E-state index is 0.153. The number of rotatable bonds is 3. The van der Waals surface area contributed by atoms with Crippen LogP contribution in [0, 0.1) is 0 Å². The molecule has 8 heteroatoms. The van der Waals surface area contributed by atoms with Crippen molar-refractivity contribution >= 4 is 27.8 Å². The van der Waals surface area contributed by atoms with Gasteiger partial charge in [-0.05, 0) is 28.1 Å². The van der Waals surface area contributed by atoms with Crippen molar-refractivity contribution in [3.63, 3.8) is 0 Å². The number of hydrogen-bond acceptors (Lipinski definition) is 5. The number of carbonyl (C=O) groups is 1. The van der Waals surface area contributed by atoms with Crippen molar-refractivity contribution < 1.29 is 9.53 Å². The second-order valence-electron chi connectivity index (χ2n) is 2.96. The molecule has 0 aliphatic carbocycles. The third-order valence-corrected chi connectivity index (χ3v) is 2.49. The van der Waals surface area contributed by atoms with Gasteiger partial charge in [-0.2, -0.15) is 4.98 Å². The van der Waals surface area contributed by atoms with Crippen LogP contribution in [0.15, 0.2) is 22.8 Å². The van der Waals surface area contributed by atoms with Gasteiger partial charge in [-0.25, -0.2) is 10.1 Å². The molecule has 0 spiro atoms. The first-order valence-electron chi connectivity index (χ1n) is 4.59. The molecule has 88 valence electrons. The molecular weight excluding hydrogens is 290 g/mol. The van der Waals surface area contributed by atoms with E-state index >= 15 is 0 Å². The average molecular weight is 298 g/mol. The smallest absolute Gasteiger partial charge is 0.336 e. The highest BCUT2D eigenvalue weighted by atomic mass is 79.9. The lowest BCUT2D eigenvalue weighted by Crippen LogP contribution is -2.15. The first-order valence-corrected chi connectivity index (χ1v) is 5.38. The Morgan fingerprint density at radius 1 is 1.59 bits per heavy atom. The number of amides is 1. The second-order valence-corrected chi connectivity index (χ2v) is 3.81. The lowest BCUT2D eigenvalue weighted by atomic mass is 10.3. The van der Waals surface area contributed by atoms with E-state index < -0.39 is 5.91 Å². The number of anilines is 1. The molecule has 0 saturated carbocycles. The fraction of sp³-hybridized carbons (Fsp3) is 0.111. The van der Waals surface area contributed by atoms with Crippen LogP contribution in [-0.2, 0) is 0 Å².